The van der Waals surface area contributed by atoms with Gasteiger partial charge < -0.3 is 16.2 Å². The molecule has 0 fully saturated rings. The zero-order valence-electron chi connectivity index (χ0n) is 9.24. The molecule has 4 nitrogen and oxygen atoms in total. The maximum Gasteiger partial charge on any atom is 0.212 e. The van der Waals surface area contributed by atoms with Gasteiger partial charge in [-0.05, 0) is 30.7 Å². The van der Waals surface area contributed by atoms with Crippen molar-refractivity contribution in [3.8, 4) is 5.88 Å². The molecule has 0 aliphatic carbocycles. The molecular formula is C12H12ClN3O. The van der Waals surface area contributed by atoms with Crippen LogP contribution in [0.25, 0.3) is 0 Å². The molecule has 1 heterocycles. The minimum atomic E-state index is -0.0821. The molecule has 1 aromatic carbocycles. The van der Waals surface area contributed by atoms with Gasteiger partial charge in [0.25, 0.3) is 0 Å². The lowest BCUT2D eigenvalue weighted by Gasteiger charge is -2.11. The van der Waals surface area contributed by atoms with Gasteiger partial charge >= 0.3 is 0 Å². The predicted octanol–water partition coefficient (Wildman–Crippen LogP) is 3.07. The van der Waals surface area contributed by atoms with Crippen LogP contribution in [0, 0.1) is 6.92 Å². The highest BCUT2D eigenvalue weighted by Gasteiger charge is 2.06. The Labute approximate surface area is 104 Å². The molecular weight excluding hydrogens is 238 g/mol. The second-order valence-corrected chi connectivity index (χ2v) is 4.05. The third-order valence-corrected chi connectivity index (χ3v) is 2.84. The van der Waals surface area contributed by atoms with E-state index in [9.17, 15) is 5.11 Å². The average Bonchev–Trinajstić information content (AvgIpc) is 2.30. The van der Waals surface area contributed by atoms with E-state index < -0.39 is 0 Å². The van der Waals surface area contributed by atoms with E-state index in [1.54, 1.807) is 12.1 Å². The number of hydrogen-bond acceptors (Lipinski definition) is 4. The van der Waals surface area contributed by atoms with E-state index >= 15 is 0 Å². The van der Waals surface area contributed by atoms with Crippen LogP contribution in [-0.2, 0) is 0 Å². The first kappa shape index (κ1) is 11.5. The van der Waals surface area contributed by atoms with Crippen molar-refractivity contribution in [1.82, 2.24) is 4.98 Å². The zero-order valence-corrected chi connectivity index (χ0v) is 9.99. The Morgan fingerprint density at radius 1 is 1.29 bits per heavy atom. The van der Waals surface area contributed by atoms with Gasteiger partial charge in [-0.1, -0.05) is 17.7 Å². The summed E-state index contributed by atoms with van der Waals surface area (Å²) in [6, 6.07) is 8.53. The van der Waals surface area contributed by atoms with E-state index in [4.69, 9.17) is 17.3 Å². The number of nitrogens with two attached hydrogens (primary N) is 1. The number of aromatic hydroxyl groups is 1. The summed E-state index contributed by atoms with van der Waals surface area (Å²) in [6.45, 7) is 1.89. The maximum absolute atomic E-state index is 9.31. The second-order valence-electron chi connectivity index (χ2n) is 3.64. The van der Waals surface area contributed by atoms with Crippen LogP contribution in [0.1, 0.15) is 5.56 Å². The zero-order chi connectivity index (χ0) is 12.4. The summed E-state index contributed by atoms with van der Waals surface area (Å²) in [4.78, 5) is 3.92. The fourth-order valence-electron chi connectivity index (χ4n) is 1.43. The fourth-order valence-corrected chi connectivity index (χ4v) is 1.60. The summed E-state index contributed by atoms with van der Waals surface area (Å²) in [5.74, 6) is 0.330. The van der Waals surface area contributed by atoms with Crippen molar-refractivity contribution in [2.24, 2.45) is 0 Å². The van der Waals surface area contributed by atoms with Crippen molar-refractivity contribution in [3.05, 3.63) is 40.9 Å². The number of nitrogen functional groups attached to an aromatic ring is 1. The molecule has 4 N–H and O–H groups in total. The number of hydrogen-bond donors (Lipinski definition) is 3. The van der Waals surface area contributed by atoms with E-state index in [2.05, 4.69) is 10.3 Å². The minimum Gasteiger partial charge on any atom is -0.493 e. The molecule has 0 spiro atoms. The summed E-state index contributed by atoms with van der Waals surface area (Å²) in [5.41, 5.74) is 7.93. The highest BCUT2D eigenvalue weighted by atomic mass is 35.5. The number of nitrogens with zero attached hydrogens (tertiary/aromatic N) is 1. The highest BCUT2D eigenvalue weighted by Crippen LogP contribution is 2.28. The van der Waals surface area contributed by atoms with E-state index in [1.165, 1.54) is 6.07 Å². The number of anilines is 3. The fraction of sp³-hybridized carbons (Fsp3) is 0.0833. The number of benzene rings is 1. The molecule has 17 heavy (non-hydrogen) atoms. The largest absolute Gasteiger partial charge is 0.493 e. The second kappa shape index (κ2) is 4.51. The van der Waals surface area contributed by atoms with Gasteiger partial charge in [0.05, 0.1) is 5.69 Å². The molecule has 0 saturated heterocycles. The summed E-state index contributed by atoms with van der Waals surface area (Å²) in [6.07, 6.45) is 0. The van der Waals surface area contributed by atoms with E-state index in [0.717, 1.165) is 11.3 Å². The molecule has 2 rings (SSSR count). The van der Waals surface area contributed by atoms with Gasteiger partial charge in [0, 0.05) is 16.8 Å². The van der Waals surface area contributed by atoms with Gasteiger partial charge in [0.1, 0.15) is 0 Å². The molecule has 0 unspecified atom stereocenters. The van der Waals surface area contributed by atoms with Crippen molar-refractivity contribution >= 4 is 28.8 Å². The molecule has 1 aromatic heterocycles. The van der Waals surface area contributed by atoms with Gasteiger partial charge in [0.2, 0.25) is 5.88 Å². The smallest absolute Gasteiger partial charge is 0.212 e. The lowest BCUT2D eigenvalue weighted by Crippen LogP contribution is -2.00. The first-order valence-corrected chi connectivity index (χ1v) is 5.43. The Morgan fingerprint density at radius 2 is 2.06 bits per heavy atom. The number of rotatable bonds is 2. The topological polar surface area (TPSA) is 71.2 Å². The van der Waals surface area contributed by atoms with Crippen LogP contribution in [-0.4, -0.2) is 10.1 Å². The Morgan fingerprint density at radius 3 is 2.82 bits per heavy atom. The molecule has 0 saturated carbocycles. The van der Waals surface area contributed by atoms with Crippen molar-refractivity contribution in [1.29, 1.82) is 0 Å². The molecule has 88 valence electrons. The third kappa shape index (κ3) is 2.42. The average molecular weight is 250 g/mol. The number of aromatic nitrogens is 1. The Kier molecular flexibility index (Phi) is 3.06. The molecule has 0 amide bonds. The Balaban J connectivity index is 2.38. The van der Waals surface area contributed by atoms with E-state index in [1.807, 2.05) is 19.1 Å². The van der Waals surface area contributed by atoms with Crippen LogP contribution in [0.5, 0.6) is 5.88 Å². The summed E-state index contributed by atoms with van der Waals surface area (Å²) >= 11 is 6.01. The first-order valence-electron chi connectivity index (χ1n) is 5.05. The van der Waals surface area contributed by atoms with Crippen LogP contribution < -0.4 is 11.1 Å². The molecule has 0 bridgehead atoms. The normalized spacial score (nSPS) is 10.2. The predicted molar refractivity (Wildman–Crippen MR) is 69.8 cm³/mol. The summed E-state index contributed by atoms with van der Waals surface area (Å²) < 4.78 is 0. The molecule has 2 aromatic rings. The van der Waals surface area contributed by atoms with Gasteiger partial charge in [-0.15, -0.1) is 0 Å². The van der Waals surface area contributed by atoms with Crippen molar-refractivity contribution < 1.29 is 5.11 Å². The number of nitrogens with one attached hydrogen (secondary N) is 1. The number of halogens is 1. The van der Waals surface area contributed by atoms with Crippen molar-refractivity contribution in [2.45, 2.75) is 6.92 Å². The van der Waals surface area contributed by atoms with Gasteiger partial charge in [-0.3, -0.25) is 0 Å². The van der Waals surface area contributed by atoms with E-state index in [0.29, 0.717) is 16.5 Å². The monoisotopic (exact) mass is 249 g/mol. The van der Waals surface area contributed by atoms with Gasteiger partial charge in [0.15, 0.2) is 5.82 Å². The van der Waals surface area contributed by atoms with Crippen molar-refractivity contribution in [2.75, 3.05) is 11.1 Å². The molecule has 5 heteroatoms. The Hall–Kier alpha value is -1.94. The Bertz CT molecular complexity index is 557. The van der Waals surface area contributed by atoms with Crippen LogP contribution in [0.2, 0.25) is 5.02 Å². The SMILES string of the molecule is Cc1c(Cl)cccc1Nc1nc(O)ccc1N. The van der Waals surface area contributed by atoms with Crippen LogP contribution in [0.3, 0.4) is 0 Å². The molecule has 0 aliphatic rings. The molecule has 0 radical (unpaired) electrons. The molecule has 0 atom stereocenters. The third-order valence-electron chi connectivity index (χ3n) is 2.43. The lowest BCUT2D eigenvalue weighted by atomic mass is 10.2. The van der Waals surface area contributed by atoms with E-state index in [-0.39, 0.29) is 5.88 Å². The minimum absolute atomic E-state index is 0.0821. The standard InChI is InChI=1S/C12H12ClN3O/c1-7-8(13)3-2-4-10(7)15-12-9(14)5-6-11(17)16-12/h2-6H,14H2,1H3,(H2,15,16,17). The van der Waals surface area contributed by atoms with Crippen LogP contribution >= 0.6 is 11.6 Å². The summed E-state index contributed by atoms with van der Waals surface area (Å²) in [5, 5.41) is 13.0. The van der Waals surface area contributed by atoms with Crippen molar-refractivity contribution in [3.63, 3.8) is 0 Å². The quantitative estimate of drug-likeness (QED) is 0.765. The van der Waals surface area contributed by atoms with Crippen LogP contribution in [0.15, 0.2) is 30.3 Å². The van der Waals surface area contributed by atoms with Crippen LogP contribution in [0.4, 0.5) is 17.2 Å². The highest BCUT2D eigenvalue weighted by molar-refractivity contribution is 6.31. The molecule has 0 aliphatic heterocycles. The first-order chi connectivity index (χ1) is 8.08. The maximum atomic E-state index is 9.31. The summed E-state index contributed by atoms with van der Waals surface area (Å²) in [7, 11) is 0. The van der Waals surface area contributed by atoms with Gasteiger partial charge in [-0.2, -0.15) is 4.98 Å². The van der Waals surface area contributed by atoms with Gasteiger partial charge in [-0.25, -0.2) is 0 Å². The lowest BCUT2D eigenvalue weighted by molar-refractivity contribution is 0.454. The number of pyridine rings is 1.